The van der Waals surface area contributed by atoms with Crippen molar-refractivity contribution < 1.29 is 9.53 Å². The molecule has 0 aliphatic rings. The molecule has 0 radical (unpaired) electrons. The second-order valence-electron chi connectivity index (χ2n) is 5.32. The van der Waals surface area contributed by atoms with E-state index in [4.69, 9.17) is 4.74 Å². The highest BCUT2D eigenvalue weighted by Crippen LogP contribution is 2.07. The zero-order chi connectivity index (χ0) is 13.8. The van der Waals surface area contributed by atoms with Gasteiger partial charge in [-0.25, -0.2) is 0 Å². The molecule has 0 aliphatic heterocycles. The van der Waals surface area contributed by atoms with Crippen molar-refractivity contribution in [2.45, 2.75) is 71.8 Å². The Kier molecular flexibility index (Phi) is 11.2. The Balaban J connectivity index is 3.53. The molecule has 108 valence electrons. The van der Waals surface area contributed by atoms with Gasteiger partial charge in [0.1, 0.15) is 6.04 Å². The summed E-state index contributed by atoms with van der Waals surface area (Å²) in [4.78, 5) is 11.5. The third-order valence-corrected chi connectivity index (χ3v) is 3.27. The van der Waals surface area contributed by atoms with E-state index in [2.05, 4.69) is 12.2 Å². The van der Waals surface area contributed by atoms with E-state index in [1.807, 2.05) is 13.8 Å². The van der Waals surface area contributed by atoms with Crippen molar-refractivity contribution in [1.82, 2.24) is 5.32 Å². The number of hydrogen-bond acceptors (Lipinski definition) is 3. The molecule has 0 aromatic carbocycles. The summed E-state index contributed by atoms with van der Waals surface area (Å²) >= 11 is 0. The van der Waals surface area contributed by atoms with Gasteiger partial charge in [-0.2, -0.15) is 0 Å². The maximum atomic E-state index is 11.5. The number of methoxy groups -OCH3 is 1. The van der Waals surface area contributed by atoms with Gasteiger partial charge in [-0.05, 0) is 18.9 Å². The van der Waals surface area contributed by atoms with Crippen LogP contribution in [0.2, 0.25) is 0 Å². The number of ether oxygens (including phenoxy) is 1. The number of nitrogens with one attached hydrogen (secondary N) is 1. The van der Waals surface area contributed by atoms with E-state index in [1.165, 1.54) is 45.6 Å². The van der Waals surface area contributed by atoms with Gasteiger partial charge in [0.25, 0.3) is 0 Å². The largest absolute Gasteiger partial charge is 0.468 e. The summed E-state index contributed by atoms with van der Waals surface area (Å²) in [6.45, 7) is 7.23. The molecule has 0 saturated carbocycles. The van der Waals surface area contributed by atoms with Crippen LogP contribution in [-0.4, -0.2) is 25.7 Å². The molecule has 0 rings (SSSR count). The lowest BCUT2D eigenvalue weighted by Crippen LogP contribution is -2.42. The molecule has 3 nitrogen and oxygen atoms in total. The van der Waals surface area contributed by atoms with E-state index >= 15 is 0 Å². The van der Waals surface area contributed by atoms with Crippen LogP contribution >= 0.6 is 0 Å². The molecule has 0 heterocycles. The maximum Gasteiger partial charge on any atom is 0.323 e. The second-order valence-corrected chi connectivity index (χ2v) is 5.32. The quantitative estimate of drug-likeness (QED) is 0.454. The Morgan fingerprint density at radius 1 is 1.06 bits per heavy atom. The molecule has 0 aromatic heterocycles. The minimum atomic E-state index is -0.157. The third-order valence-electron chi connectivity index (χ3n) is 3.27. The van der Waals surface area contributed by atoms with Gasteiger partial charge in [-0.1, -0.05) is 59.3 Å². The molecule has 0 saturated heterocycles. The van der Waals surface area contributed by atoms with Crippen LogP contribution in [0.1, 0.15) is 65.7 Å². The van der Waals surface area contributed by atoms with Crippen molar-refractivity contribution in [3.8, 4) is 0 Å². The van der Waals surface area contributed by atoms with Gasteiger partial charge >= 0.3 is 5.97 Å². The summed E-state index contributed by atoms with van der Waals surface area (Å²) in [5, 5.41) is 3.30. The Labute approximate surface area is 113 Å². The van der Waals surface area contributed by atoms with Gasteiger partial charge < -0.3 is 10.1 Å². The van der Waals surface area contributed by atoms with Crippen LogP contribution in [-0.2, 0) is 9.53 Å². The van der Waals surface area contributed by atoms with Crippen molar-refractivity contribution in [1.29, 1.82) is 0 Å². The maximum absolute atomic E-state index is 11.5. The summed E-state index contributed by atoms with van der Waals surface area (Å²) in [6.07, 6.45) is 9.08. The predicted octanol–water partition coefficient (Wildman–Crippen LogP) is 3.52. The average Bonchev–Trinajstić information content (AvgIpc) is 2.35. The smallest absolute Gasteiger partial charge is 0.323 e. The monoisotopic (exact) mass is 257 g/mol. The number of carbonyl (C=O) groups is 1. The molecule has 0 fully saturated rings. The number of esters is 1. The zero-order valence-electron chi connectivity index (χ0n) is 12.6. The minimum Gasteiger partial charge on any atom is -0.468 e. The van der Waals surface area contributed by atoms with E-state index in [1.54, 1.807) is 0 Å². The summed E-state index contributed by atoms with van der Waals surface area (Å²) in [6, 6.07) is -0.157. The lowest BCUT2D eigenvalue weighted by molar-refractivity contribution is -0.144. The van der Waals surface area contributed by atoms with Gasteiger partial charge in [0, 0.05) is 0 Å². The molecule has 0 amide bonds. The molecule has 0 bridgehead atoms. The first-order chi connectivity index (χ1) is 8.63. The summed E-state index contributed by atoms with van der Waals surface area (Å²) < 4.78 is 4.79. The number of rotatable bonds is 11. The van der Waals surface area contributed by atoms with E-state index in [0.717, 1.165) is 13.0 Å². The Bertz CT molecular complexity index is 205. The Morgan fingerprint density at radius 2 is 1.61 bits per heavy atom. The van der Waals surface area contributed by atoms with Crippen LogP contribution in [0.5, 0.6) is 0 Å². The van der Waals surface area contributed by atoms with Crippen LogP contribution < -0.4 is 5.32 Å². The third kappa shape index (κ3) is 8.51. The molecule has 0 spiro atoms. The first kappa shape index (κ1) is 17.4. The molecule has 1 unspecified atom stereocenters. The molecule has 3 heteroatoms. The number of hydrogen-bond donors (Lipinski definition) is 1. The summed E-state index contributed by atoms with van der Waals surface area (Å²) in [5.74, 6) is 0.134. The van der Waals surface area contributed by atoms with Gasteiger partial charge in [-0.3, -0.25) is 4.79 Å². The SMILES string of the molecule is CCCCCCCCCNC(C(=O)OC)C(C)C. The molecular formula is C15H31NO2. The summed E-state index contributed by atoms with van der Waals surface area (Å²) in [5.41, 5.74) is 0. The molecular weight excluding hydrogens is 226 g/mol. The fourth-order valence-electron chi connectivity index (χ4n) is 2.06. The first-order valence-corrected chi connectivity index (χ1v) is 7.44. The lowest BCUT2D eigenvalue weighted by Gasteiger charge is -2.19. The van der Waals surface area contributed by atoms with Crippen LogP contribution in [0.4, 0.5) is 0 Å². The highest BCUT2D eigenvalue weighted by atomic mass is 16.5. The lowest BCUT2D eigenvalue weighted by atomic mass is 10.0. The molecule has 1 atom stereocenters. The topological polar surface area (TPSA) is 38.3 Å². The van der Waals surface area contributed by atoms with Crippen molar-refractivity contribution >= 4 is 5.97 Å². The molecule has 1 N–H and O–H groups in total. The van der Waals surface area contributed by atoms with Crippen LogP contribution in [0.25, 0.3) is 0 Å². The highest BCUT2D eigenvalue weighted by Gasteiger charge is 2.21. The van der Waals surface area contributed by atoms with Gasteiger partial charge in [0.05, 0.1) is 7.11 Å². The highest BCUT2D eigenvalue weighted by molar-refractivity contribution is 5.75. The van der Waals surface area contributed by atoms with E-state index in [-0.39, 0.29) is 17.9 Å². The molecule has 18 heavy (non-hydrogen) atoms. The van der Waals surface area contributed by atoms with Gasteiger partial charge in [0.15, 0.2) is 0 Å². The molecule has 0 aromatic rings. The van der Waals surface area contributed by atoms with Gasteiger partial charge in [-0.15, -0.1) is 0 Å². The average molecular weight is 257 g/mol. The van der Waals surface area contributed by atoms with Crippen LogP contribution in [0, 0.1) is 5.92 Å². The van der Waals surface area contributed by atoms with Crippen molar-refractivity contribution in [3.05, 3.63) is 0 Å². The first-order valence-electron chi connectivity index (χ1n) is 7.44. The van der Waals surface area contributed by atoms with Crippen molar-refractivity contribution in [2.24, 2.45) is 5.92 Å². The Hall–Kier alpha value is -0.570. The molecule has 0 aliphatic carbocycles. The van der Waals surface area contributed by atoms with E-state index in [9.17, 15) is 4.79 Å². The van der Waals surface area contributed by atoms with Gasteiger partial charge in [0.2, 0.25) is 0 Å². The Morgan fingerprint density at radius 3 is 2.11 bits per heavy atom. The van der Waals surface area contributed by atoms with Crippen LogP contribution in [0.15, 0.2) is 0 Å². The van der Waals surface area contributed by atoms with E-state index < -0.39 is 0 Å². The second kappa shape index (κ2) is 11.5. The minimum absolute atomic E-state index is 0.145. The fraction of sp³-hybridized carbons (Fsp3) is 0.933. The van der Waals surface area contributed by atoms with E-state index in [0.29, 0.717) is 0 Å². The van der Waals surface area contributed by atoms with Crippen molar-refractivity contribution in [3.63, 3.8) is 0 Å². The normalized spacial score (nSPS) is 12.7. The van der Waals surface area contributed by atoms with Crippen LogP contribution in [0.3, 0.4) is 0 Å². The standard InChI is InChI=1S/C15H31NO2/c1-5-6-7-8-9-10-11-12-16-14(13(2)3)15(17)18-4/h13-14,16H,5-12H2,1-4H3. The fourth-order valence-corrected chi connectivity index (χ4v) is 2.06. The van der Waals surface area contributed by atoms with Crippen molar-refractivity contribution in [2.75, 3.05) is 13.7 Å². The summed E-state index contributed by atoms with van der Waals surface area (Å²) in [7, 11) is 1.45. The number of unbranched alkanes of at least 4 members (excludes halogenated alkanes) is 6. The predicted molar refractivity (Wildman–Crippen MR) is 76.6 cm³/mol. The number of carbonyl (C=O) groups excluding carboxylic acids is 1. The zero-order valence-corrected chi connectivity index (χ0v) is 12.6.